The summed E-state index contributed by atoms with van der Waals surface area (Å²) >= 11 is 3.32. The zero-order valence-corrected chi connectivity index (χ0v) is 16.5. The van der Waals surface area contributed by atoms with Crippen LogP contribution >= 0.6 is 15.9 Å². The molecule has 0 saturated carbocycles. The normalized spacial score (nSPS) is 11.6. The highest BCUT2D eigenvalue weighted by atomic mass is 79.9. The van der Waals surface area contributed by atoms with E-state index < -0.39 is 16.2 Å². The first-order chi connectivity index (χ1) is 12.5. The van der Waals surface area contributed by atoms with Gasteiger partial charge in [-0.05, 0) is 35.4 Å². The number of rotatable bonds is 7. The van der Waals surface area contributed by atoms with Gasteiger partial charge in [0.15, 0.2) is 0 Å². The van der Waals surface area contributed by atoms with Gasteiger partial charge in [-0.1, -0.05) is 76.6 Å². The van der Waals surface area contributed by atoms with Crippen LogP contribution in [0.2, 0.25) is 0 Å². The fourth-order valence-corrected chi connectivity index (χ4v) is 4.07. The Morgan fingerprint density at radius 3 is 1.65 bits per heavy atom. The van der Waals surface area contributed by atoms with E-state index >= 15 is 0 Å². The molecule has 5 heteroatoms. The second kappa shape index (κ2) is 8.62. The van der Waals surface area contributed by atoms with Crippen molar-refractivity contribution in [1.82, 2.24) is 0 Å². The van der Waals surface area contributed by atoms with Crippen molar-refractivity contribution in [2.75, 3.05) is 0 Å². The highest BCUT2D eigenvalue weighted by molar-refractivity contribution is 9.10. The smallest absolute Gasteiger partial charge is 0.262 e. The van der Waals surface area contributed by atoms with Gasteiger partial charge in [-0.15, -0.1) is 0 Å². The van der Waals surface area contributed by atoms with Crippen molar-refractivity contribution in [3.8, 4) is 0 Å². The van der Waals surface area contributed by atoms with Crippen LogP contribution in [-0.2, 0) is 27.1 Å². The van der Waals surface area contributed by atoms with Crippen LogP contribution in [0.5, 0.6) is 0 Å². The summed E-state index contributed by atoms with van der Waals surface area (Å²) < 4.78 is 31.8. The third-order valence-corrected chi connectivity index (χ3v) is 5.88. The van der Waals surface area contributed by atoms with E-state index in [9.17, 15) is 8.42 Å². The SMILES string of the molecule is O=S(=O)(OC(Cc1ccccc1)Cc1ccccc1)c1ccc(Br)cc1. The number of halogens is 1. The molecular formula is C21H19BrO3S. The Morgan fingerprint density at radius 2 is 1.19 bits per heavy atom. The molecule has 0 amide bonds. The van der Waals surface area contributed by atoms with Gasteiger partial charge in [-0.3, -0.25) is 4.18 Å². The lowest BCUT2D eigenvalue weighted by atomic mass is 10.0. The van der Waals surface area contributed by atoms with Crippen molar-refractivity contribution in [1.29, 1.82) is 0 Å². The van der Waals surface area contributed by atoms with Gasteiger partial charge in [-0.25, -0.2) is 0 Å². The first kappa shape index (κ1) is 18.8. The Balaban J connectivity index is 1.83. The van der Waals surface area contributed by atoms with Gasteiger partial charge in [0.2, 0.25) is 0 Å². The molecule has 0 spiro atoms. The molecule has 26 heavy (non-hydrogen) atoms. The second-order valence-electron chi connectivity index (χ2n) is 6.01. The number of benzene rings is 3. The topological polar surface area (TPSA) is 43.4 Å². The molecule has 0 aliphatic rings. The number of hydrogen-bond donors (Lipinski definition) is 0. The summed E-state index contributed by atoms with van der Waals surface area (Å²) in [6, 6.07) is 26.0. The first-order valence-corrected chi connectivity index (χ1v) is 10.5. The Bertz CT molecular complexity index is 883. The fraction of sp³-hybridized carbons (Fsp3) is 0.143. The van der Waals surface area contributed by atoms with Crippen LogP contribution < -0.4 is 0 Å². The maximum Gasteiger partial charge on any atom is 0.297 e. The van der Waals surface area contributed by atoms with Crippen molar-refractivity contribution in [2.45, 2.75) is 23.8 Å². The summed E-state index contributed by atoms with van der Waals surface area (Å²) in [6.45, 7) is 0. The molecule has 0 radical (unpaired) electrons. The molecule has 3 aromatic carbocycles. The molecule has 0 aromatic heterocycles. The Kier molecular flexibility index (Phi) is 6.25. The Labute approximate surface area is 162 Å². The van der Waals surface area contributed by atoms with E-state index in [2.05, 4.69) is 15.9 Å². The maximum atomic E-state index is 12.7. The third-order valence-electron chi connectivity index (χ3n) is 3.98. The Hall–Kier alpha value is -1.95. The molecule has 3 aromatic rings. The summed E-state index contributed by atoms with van der Waals surface area (Å²) in [6.07, 6.45) is 0.560. The molecule has 0 bridgehead atoms. The quantitative estimate of drug-likeness (QED) is 0.494. The molecule has 0 unspecified atom stereocenters. The molecule has 3 rings (SSSR count). The van der Waals surface area contributed by atoms with Gasteiger partial charge in [0.05, 0.1) is 11.0 Å². The van der Waals surface area contributed by atoms with E-state index in [4.69, 9.17) is 4.18 Å². The minimum atomic E-state index is -3.84. The maximum absolute atomic E-state index is 12.7. The van der Waals surface area contributed by atoms with Gasteiger partial charge >= 0.3 is 0 Å². The summed E-state index contributed by atoms with van der Waals surface area (Å²) in [7, 11) is -3.84. The largest absolute Gasteiger partial charge is 0.297 e. The van der Waals surface area contributed by atoms with E-state index in [0.29, 0.717) is 12.8 Å². The third kappa shape index (κ3) is 5.27. The highest BCUT2D eigenvalue weighted by Crippen LogP contribution is 2.21. The van der Waals surface area contributed by atoms with Crippen molar-refractivity contribution in [3.63, 3.8) is 0 Å². The molecular weight excluding hydrogens is 412 g/mol. The lowest BCUT2D eigenvalue weighted by molar-refractivity contribution is 0.209. The van der Waals surface area contributed by atoms with E-state index in [1.54, 1.807) is 24.3 Å². The van der Waals surface area contributed by atoms with Crippen LogP contribution in [-0.4, -0.2) is 14.5 Å². The van der Waals surface area contributed by atoms with Crippen molar-refractivity contribution in [3.05, 3.63) is 101 Å². The van der Waals surface area contributed by atoms with Gasteiger partial charge in [-0.2, -0.15) is 8.42 Å². The zero-order chi connectivity index (χ0) is 18.4. The van der Waals surface area contributed by atoms with Gasteiger partial charge in [0.25, 0.3) is 10.1 Å². The molecule has 0 saturated heterocycles. The molecule has 0 heterocycles. The van der Waals surface area contributed by atoms with Crippen LogP contribution in [0.25, 0.3) is 0 Å². The molecule has 0 aliphatic heterocycles. The van der Waals surface area contributed by atoms with Crippen LogP contribution in [0.3, 0.4) is 0 Å². The molecule has 134 valence electrons. The summed E-state index contributed by atoms with van der Waals surface area (Å²) in [5.74, 6) is 0. The predicted octanol–water partition coefficient (Wildman–Crippen LogP) is 5.01. The fourth-order valence-electron chi connectivity index (χ4n) is 2.73. The lowest BCUT2D eigenvalue weighted by Gasteiger charge is -2.18. The van der Waals surface area contributed by atoms with Crippen LogP contribution in [0.15, 0.2) is 94.3 Å². The van der Waals surface area contributed by atoms with Crippen LogP contribution in [0.4, 0.5) is 0 Å². The van der Waals surface area contributed by atoms with E-state index in [0.717, 1.165) is 15.6 Å². The standard InChI is InChI=1S/C21H19BrO3S/c22-19-11-13-21(14-12-19)26(23,24)25-20(15-17-7-3-1-4-8-17)16-18-9-5-2-6-10-18/h1-14,20H,15-16H2. The second-order valence-corrected chi connectivity index (χ2v) is 8.49. The van der Waals surface area contributed by atoms with E-state index in [1.807, 2.05) is 60.7 Å². The van der Waals surface area contributed by atoms with Crippen LogP contribution in [0, 0.1) is 0 Å². The minimum Gasteiger partial charge on any atom is -0.262 e. The van der Waals surface area contributed by atoms with Crippen molar-refractivity contribution < 1.29 is 12.6 Å². The highest BCUT2D eigenvalue weighted by Gasteiger charge is 2.22. The molecule has 3 nitrogen and oxygen atoms in total. The van der Waals surface area contributed by atoms with Crippen LogP contribution in [0.1, 0.15) is 11.1 Å². The molecule has 0 N–H and O–H groups in total. The van der Waals surface area contributed by atoms with Gasteiger partial charge in [0.1, 0.15) is 0 Å². The lowest BCUT2D eigenvalue weighted by Crippen LogP contribution is -2.23. The number of hydrogen-bond acceptors (Lipinski definition) is 3. The van der Waals surface area contributed by atoms with Gasteiger partial charge in [0, 0.05) is 17.3 Å². The summed E-state index contributed by atoms with van der Waals surface area (Å²) in [4.78, 5) is 0.159. The zero-order valence-electron chi connectivity index (χ0n) is 14.1. The van der Waals surface area contributed by atoms with Crippen molar-refractivity contribution >= 4 is 26.0 Å². The van der Waals surface area contributed by atoms with E-state index in [1.165, 1.54) is 0 Å². The molecule has 0 aliphatic carbocycles. The predicted molar refractivity (Wildman–Crippen MR) is 106 cm³/mol. The monoisotopic (exact) mass is 430 g/mol. The first-order valence-electron chi connectivity index (χ1n) is 8.30. The van der Waals surface area contributed by atoms with Gasteiger partial charge < -0.3 is 0 Å². The molecule has 0 fully saturated rings. The molecule has 0 atom stereocenters. The van der Waals surface area contributed by atoms with Crippen molar-refractivity contribution in [2.24, 2.45) is 0 Å². The summed E-state index contributed by atoms with van der Waals surface area (Å²) in [5, 5.41) is 0. The minimum absolute atomic E-state index is 0.159. The Morgan fingerprint density at radius 1 is 0.731 bits per heavy atom. The van der Waals surface area contributed by atoms with E-state index in [-0.39, 0.29) is 4.90 Å². The average molecular weight is 431 g/mol. The average Bonchev–Trinajstić information content (AvgIpc) is 2.63. The summed E-state index contributed by atoms with van der Waals surface area (Å²) in [5.41, 5.74) is 2.08.